The molecular weight excluding hydrogens is 465 g/mol. The molecule has 13 heteroatoms. The minimum absolute atomic E-state index is 0.0909. The van der Waals surface area contributed by atoms with Gasteiger partial charge in [-0.15, -0.1) is 5.53 Å². The van der Waals surface area contributed by atoms with Crippen LogP contribution in [-0.2, 0) is 11.0 Å². The Balaban J connectivity index is 1.57. The van der Waals surface area contributed by atoms with E-state index in [-0.39, 0.29) is 17.8 Å². The Morgan fingerprint density at radius 1 is 1.23 bits per heavy atom. The van der Waals surface area contributed by atoms with Crippen LogP contribution in [0, 0.1) is 0 Å². The summed E-state index contributed by atoms with van der Waals surface area (Å²) in [7, 11) is 0. The summed E-state index contributed by atoms with van der Waals surface area (Å²) in [6.45, 7) is -0.265. The van der Waals surface area contributed by atoms with Crippen molar-refractivity contribution in [3.8, 4) is 0 Å². The largest absolute Gasteiger partial charge is 0.480 e. The summed E-state index contributed by atoms with van der Waals surface area (Å²) in [6.07, 6.45) is 3.37. The van der Waals surface area contributed by atoms with Gasteiger partial charge in [0.2, 0.25) is 0 Å². The number of nitrogens with zero attached hydrogens (tertiary/aromatic N) is 4. The number of aromatic nitrogens is 4. The van der Waals surface area contributed by atoms with Crippen molar-refractivity contribution in [2.45, 2.75) is 31.9 Å². The number of aromatic amines is 2. The fourth-order valence-corrected chi connectivity index (χ4v) is 4.15. The van der Waals surface area contributed by atoms with Crippen LogP contribution in [0.1, 0.15) is 42.6 Å². The third kappa shape index (κ3) is 4.62. The van der Waals surface area contributed by atoms with Crippen LogP contribution in [0.2, 0.25) is 0 Å². The molecule has 0 atom stereocenters. The van der Waals surface area contributed by atoms with Crippen LogP contribution in [-0.4, -0.2) is 48.7 Å². The van der Waals surface area contributed by atoms with Crippen LogP contribution in [0.25, 0.3) is 16.6 Å². The first-order chi connectivity index (χ1) is 16.8. The maximum atomic E-state index is 13.6. The molecule has 1 aliphatic carbocycles. The van der Waals surface area contributed by atoms with Crippen LogP contribution < -0.4 is 11.0 Å². The summed E-state index contributed by atoms with van der Waals surface area (Å²) < 4.78 is 40.9. The fraction of sp³-hybridized carbons (Fsp3) is 0.273. The number of aliphatic imine (C=N–C) groups is 1. The monoisotopic (exact) mass is 486 g/mol. The lowest BCUT2D eigenvalue weighted by Crippen LogP contribution is -2.39. The van der Waals surface area contributed by atoms with Gasteiger partial charge in [0, 0.05) is 17.8 Å². The van der Waals surface area contributed by atoms with Crippen LogP contribution in [0.15, 0.2) is 47.2 Å². The number of hydrogen-bond donors (Lipinski definition) is 5. The fourth-order valence-electron chi connectivity index (χ4n) is 4.15. The van der Waals surface area contributed by atoms with Gasteiger partial charge in [-0.1, -0.05) is 6.08 Å². The summed E-state index contributed by atoms with van der Waals surface area (Å²) in [5.41, 5.74) is 7.68. The van der Waals surface area contributed by atoms with Crippen molar-refractivity contribution in [1.82, 2.24) is 36.4 Å². The lowest BCUT2D eigenvalue weighted by Gasteiger charge is -2.16. The van der Waals surface area contributed by atoms with Gasteiger partial charge in [0.15, 0.2) is 5.69 Å². The van der Waals surface area contributed by atoms with E-state index in [1.807, 2.05) is 6.08 Å². The number of H-pyrrole nitrogens is 2. The van der Waals surface area contributed by atoms with Crippen molar-refractivity contribution in [3.05, 3.63) is 59.2 Å². The van der Waals surface area contributed by atoms with E-state index in [0.29, 0.717) is 34.4 Å². The number of allylic oxidation sites excluding steroid dienone is 2. The first-order valence-corrected chi connectivity index (χ1v) is 10.9. The maximum absolute atomic E-state index is 13.6. The van der Waals surface area contributed by atoms with Gasteiger partial charge in [0.05, 0.1) is 28.2 Å². The molecule has 1 aromatic carbocycles. The van der Waals surface area contributed by atoms with Gasteiger partial charge < -0.3 is 10.5 Å². The third-order valence-corrected chi connectivity index (χ3v) is 5.73. The van der Waals surface area contributed by atoms with Crippen LogP contribution >= 0.6 is 0 Å². The first-order valence-electron chi connectivity index (χ1n) is 10.9. The minimum atomic E-state index is -4.62. The highest BCUT2D eigenvalue weighted by Crippen LogP contribution is 2.34. The van der Waals surface area contributed by atoms with Crippen molar-refractivity contribution in [3.63, 3.8) is 0 Å². The van der Waals surface area contributed by atoms with E-state index >= 15 is 0 Å². The smallest absolute Gasteiger partial charge is 0.435 e. The third-order valence-electron chi connectivity index (χ3n) is 5.73. The molecule has 0 saturated heterocycles. The zero-order valence-electron chi connectivity index (χ0n) is 18.3. The second-order valence-corrected chi connectivity index (χ2v) is 8.18. The Morgan fingerprint density at radius 3 is 2.83 bits per heavy atom. The molecule has 0 spiro atoms. The van der Waals surface area contributed by atoms with Crippen LogP contribution in [0.3, 0.4) is 0 Å². The Morgan fingerprint density at radius 2 is 2.09 bits per heavy atom. The van der Waals surface area contributed by atoms with E-state index in [0.717, 1.165) is 24.8 Å². The quantitative estimate of drug-likeness (QED) is 0.336. The number of hydrogen-bond acceptors (Lipinski definition) is 7. The van der Waals surface area contributed by atoms with Crippen molar-refractivity contribution >= 4 is 34.0 Å². The predicted molar refractivity (Wildman–Crippen MR) is 121 cm³/mol. The Labute approximate surface area is 196 Å². The molecule has 5 N–H and O–H groups in total. The van der Waals surface area contributed by atoms with E-state index in [4.69, 9.17) is 5.11 Å². The molecule has 3 aromatic rings. The van der Waals surface area contributed by atoms with E-state index < -0.39 is 17.8 Å². The predicted octanol–water partition coefficient (Wildman–Crippen LogP) is 3.63. The van der Waals surface area contributed by atoms with Gasteiger partial charge in [0.1, 0.15) is 12.2 Å². The number of nitrogens with one attached hydrogen (secondary N) is 4. The molecule has 182 valence electrons. The van der Waals surface area contributed by atoms with E-state index in [9.17, 15) is 18.0 Å². The van der Waals surface area contributed by atoms with Crippen molar-refractivity contribution in [2.75, 3.05) is 6.54 Å². The highest BCUT2D eigenvalue weighted by Gasteiger charge is 2.38. The summed E-state index contributed by atoms with van der Waals surface area (Å²) in [5.74, 6) is -1.01. The molecule has 0 amide bonds. The van der Waals surface area contributed by atoms with Gasteiger partial charge >= 0.3 is 12.1 Å². The second kappa shape index (κ2) is 8.91. The number of alkyl halides is 3. The number of benzene rings is 1. The normalized spacial score (nSPS) is 16.9. The van der Waals surface area contributed by atoms with Gasteiger partial charge in [-0.3, -0.25) is 20.0 Å². The highest BCUT2D eigenvalue weighted by molar-refractivity contribution is 6.14. The van der Waals surface area contributed by atoms with Gasteiger partial charge in [-0.25, -0.2) is 4.99 Å². The summed E-state index contributed by atoms with van der Waals surface area (Å²) >= 11 is 0. The first kappa shape index (κ1) is 22.7. The molecule has 10 nitrogen and oxygen atoms in total. The number of fused-ring (bicyclic) bond motifs is 1. The lowest BCUT2D eigenvalue weighted by atomic mass is 9.92. The molecule has 0 bridgehead atoms. The van der Waals surface area contributed by atoms with Crippen LogP contribution in [0.5, 0.6) is 0 Å². The number of carboxylic acid groups (broad SMARTS) is 1. The SMILES string of the molecule is O=C(O)CN1C=C(c2n[nH]c3ccc(/N=C(\C4=CCCCC4)c4c[nH]nc4C(F)(F)F)cc23)NN1. The van der Waals surface area contributed by atoms with E-state index in [1.54, 1.807) is 24.4 Å². The number of carbonyl (C=O) groups is 1. The van der Waals surface area contributed by atoms with Gasteiger partial charge in [-0.2, -0.15) is 23.4 Å². The zero-order valence-corrected chi connectivity index (χ0v) is 18.3. The highest BCUT2D eigenvalue weighted by atomic mass is 19.4. The number of halogens is 3. The molecular formula is C22H21F3N8O2. The van der Waals surface area contributed by atoms with Gasteiger partial charge in [-0.05, 0) is 49.5 Å². The van der Waals surface area contributed by atoms with Crippen molar-refractivity contribution in [2.24, 2.45) is 4.99 Å². The summed E-state index contributed by atoms with van der Waals surface area (Å²) in [6, 6.07) is 5.18. The molecule has 0 saturated carbocycles. The molecule has 1 aliphatic heterocycles. The second-order valence-electron chi connectivity index (χ2n) is 8.18. The number of aliphatic carboxylic acids is 1. The zero-order chi connectivity index (χ0) is 24.6. The average Bonchev–Trinajstić information content (AvgIpc) is 3.56. The average molecular weight is 486 g/mol. The van der Waals surface area contributed by atoms with Crippen LogP contribution in [0.4, 0.5) is 18.9 Å². The molecule has 0 fully saturated rings. The topological polar surface area (TPSA) is 134 Å². The molecule has 3 heterocycles. The minimum Gasteiger partial charge on any atom is -0.480 e. The molecule has 0 radical (unpaired) electrons. The van der Waals surface area contributed by atoms with Gasteiger partial charge in [0.25, 0.3) is 0 Å². The van der Waals surface area contributed by atoms with Crippen molar-refractivity contribution < 1.29 is 23.1 Å². The Bertz CT molecular complexity index is 1370. The number of carboxylic acids is 1. The molecule has 2 aromatic heterocycles. The Kier molecular flexibility index (Phi) is 5.76. The molecule has 35 heavy (non-hydrogen) atoms. The maximum Gasteiger partial charge on any atom is 0.435 e. The summed E-state index contributed by atoms with van der Waals surface area (Å²) in [4.78, 5) is 15.6. The number of rotatable bonds is 6. The van der Waals surface area contributed by atoms with E-state index in [1.165, 1.54) is 11.2 Å². The number of hydrazine groups is 2. The molecule has 0 unspecified atom stereocenters. The molecule has 2 aliphatic rings. The lowest BCUT2D eigenvalue weighted by molar-refractivity contribution is -0.141. The molecule has 5 rings (SSSR count). The standard InChI is InChI=1S/C22H21F3N8O2/c23-22(24,25)21-15(9-26-31-21)19(12-4-2-1-3-5-12)27-13-6-7-16-14(8-13)20(30-28-16)17-10-33(32-29-17)11-18(34)35/h4,6-10,29,32H,1-3,5,11H2,(H,26,31)(H,28,30)(H,34,35)/b27-19+. The Hall–Kier alpha value is -4.13. The summed E-state index contributed by atoms with van der Waals surface area (Å²) in [5, 5.41) is 24.0. The van der Waals surface area contributed by atoms with Crippen molar-refractivity contribution in [1.29, 1.82) is 0 Å². The van der Waals surface area contributed by atoms with E-state index in [2.05, 4.69) is 36.3 Å².